The Labute approximate surface area is 270 Å². The molecule has 1 saturated heterocycles. The smallest absolute Gasteiger partial charge is 0.340 e. The Balaban J connectivity index is 1.32. The second kappa shape index (κ2) is 11.8. The van der Waals surface area contributed by atoms with Crippen LogP contribution in [0.1, 0.15) is 94.3 Å². The number of hydrogen-bond acceptors (Lipinski definition) is 9. The molecule has 1 saturated carbocycles. The summed E-state index contributed by atoms with van der Waals surface area (Å²) < 4.78 is 37.0. The predicted octanol–water partition coefficient (Wildman–Crippen LogP) is 5.05. The number of rotatable bonds is 10. The van der Waals surface area contributed by atoms with Crippen LogP contribution in [0.3, 0.4) is 0 Å². The van der Waals surface area contributed by atoms with E-state index in [1.54, 1.807) is 29.4 Å². The fourth-order valence-electron chi connectivity index (χ4n) is 6.16. The molecule has 3 aliphatic rings. The number of nitrogens with zero attached hydrogens (tertiary/aromatic N) is 4. The van der Waals surface area contributed by atoms with Crippen LogP contribution in [0.4, 0.5) is 16.0 Å². The molecule has 0 aromatic carbocycles. The Morgan fingerprint density at radius 2 is 1.96 bits per heavy atom. The van der Waals surface area contributed by atoms with E-state index in [1.165, 1.54) is 0 Å². The zero-order valence-electron chi connectivity index (χ0n) is 27.0. The number of halogens is 1. The molecule has 1 aliphatic carbocycles. The zero-order chi connectivity index (χ0) is 33.1. The molecule has 0 bridgehead atoms. The summed E-state index contributed by atoms with van der Waals surface area (Å²) in [5.41, 5.74) is 1.36. The van der Waals surface area contributed by atoms with Crippen molar-refractivity contribution in [2.24, 2.45) is 11.1 Å². The van der Waals surface area contributed by atoms with Crippen molar-refractivity contribution in [3.05, 3.63) is 47.4 Å². The molecule has 6 rings (SSSR count). The second-order valence-corrected chi connectivity index (χ2v) is 15.5. The monoisotopic (exact) mass is 652 g/mol. The minimum absolute atomic E-state index is 0.0123. The number of likely N-dealkylation sites (tertiary alicyclic amines) is 1. The van der Waals surface area contributed by atoms with Crippen molar-refractivity contribution in [3.8, 4) is 5.88 Å². The van der Waals surface area contributed by atoms with Crippen LogP contribution in [0.2, 0.25) is 0 Å². The van der Waals surface area contributed by atoms with Crippen LogP contribution < -0.4 is 15.2 Å². The number of fused-ring (bicyclic) bond motifs is 2. The van der Waals surface area contributed by atoms with Gasteiger partial charge in [-0.25, -0.2) is 28.3 Å². The van der Waals surface area contributed by atoms with Crippen LogP contribution >= 0.6 is 0 Å². The van der Waals surface area contributed by atoms with E-state index < -0.39 is 39.4 Å². The highest BCUT2D eigenvalue weighted by Crippen LogP contribution is 2.41. The Morgan fingerprint density at radius 3 is 2.61 bits per heavy atom. The first-order valence-corrected chi connectivity index (χ1v) is 17.0. The van der Waals surface area contributed by atoms with Crippen molar-refractivity contribution in [2.75, 3.05) is 18.4 Å². The first kappa shape index (κ1) is 32.2. The van der Waals surface area contributed by atoms with Gasteiger partial charge in [-0.2, -0.15) is 0 Å². The number of ether oxygens (including phenoxy) is 2. The number of carbonyl (C=O) groups excluding carboxylic acids is 2. The first-order valence-electron chi connectivity index (χ1n) is 15.7. The van der Waals surface area contributed by atoms with E-state index in [1.807, 2.05) is 40.7 Å². The van der Waals surface area contributed by atoms with Crippen LogP contribution in [0.5, 0.6) is 5.88 Å². The molecule has 3 aromatic heterocycles. The van der Waals surface area contributed by atoms with E-state index in [9.17, 15) is 18.2 Å². The minimum Gasteiger partial charge on any atom is -0.470 e. The summed E-state index contributed by atoms with van der Waals surface area (Å²) in [4.78, 5) is 40.7. The third-order valence-electron chi connectivity index (χ3n) is 9.66. The number of cyclic esters (lactones) is 1. The van der Waals surface area contributed by atoms with Crippen LogP contribution in [0.15, 0.2) is 30.6 Å². The Kier molecular flexibility index (Phi) is 8.29. The summed E-state index contributed by atoms with van der Waals surface area (Å²) in [6.45, 7) is 12.3. The first-order chi connectivity index (χ1) is 21.7. The summed E-state index contributed by atoms with van der Waals surface area (Å²) in [5, 5.41) is 10.7. The largest absolute Gasteiger partial charge is 0.470 e. The number of aromatic nitrogens is 3. The van der Waals surface area contributed by atoms with Gasteiger partial charge in [0.1, 0.15) is 29.5 Å². The molecule has 13 heteroatoms. The summed E-state index contributed by atoms with van der Waals surface area (Å²) in [6, 6.07) is 5.36. The maximum atomic E-state index is 13.4. The van der Waals surface area contributed by atoms with Crippen molar-refractivity contribution in [2.45, 2.75) is 95.3 Å². The lowest BCUT2D eigenvalue weighted by atomic mass is 9.84. The maximum Gasteiger partial charge on any atom is 0.340 e. The summed E-state index contributed by atoms with van der Waals surface area (Å²) in [7, 11) is -1.53. The lowest BCUT2D eigenvalue weighted by molar-refractivity contribution is -0.141. The average molecular weight is 653 g/mol. The van der Waals surface area contributed by atoms with Crippen LogP contribution in [0, 0.1) is 5.92 Å². The topological polar surface area (TPSA) is 150 Å². The molecule has 3 N–H and O–H groups in total. The lowest BCUT2D eigenvalue weighted by Crippen LogP contribution is -2.56. The molecule has 3 aromatic rings. The highest BCUT2D eigenvalue weighted by molar-refractivity contribution is 7.84. The van der Waals surface area contributed by atoms with Gasteiger partial charge in [0.25, 0.3) is 0 Å². The van der Waals surface area contributed by atoms with Gasteiger partial charge in [-0.1, -0.05) is 13.8 Å². The molecule has 11 nitrogen and oxygen atoms in total. The number of anilines is 2. The number of carbonyl (C=O) groups is 2. The molecule has 1 amide bonds. The van der Waals surface area contributed by atoms with Gasteiger partial charge in [0.15, 0.2) is 0 Å². The molecule has 246 valence electrons. The van der Waals surface area contributed by atoms with Gasteiger partial charge in [-0.15, -0.1) is 0 Å². The maximum absolute atomic E-state index is 13.4. The highest BCUT2D eigenvalue weighted by atomic mass is 32.2. The summed E-state index contributed by atoms with van der Waals surface area (Å²) in [5.74, 6) is 0.263. The predicted molar refractivity (Wildman–Crippen MR) is 173 cm³/mol. The van der Waals surface area contributed by atoms with Crippen molar-refractivity contribution in [1.29, 1.82) is 0 Å². The molecule has 5 heterocycles. The number of nitrogens with two attached hydrogens (primary N) is 1. The van der Waals surface area contributed by atoms with Crippen LogP contribution in [0.25, 0.3) is 10.8 Å². The number of alkyl halides is 1. The lowest BCUT2D eigenvalue weighted by Gasteiger charge is -2.39. The normalized spacial score (nSPS) is 23.6. The molecule has 46 heavy (non-hydrogen) atoms. The molecule has 2 aliphatic heterocycles. The van der Waals surface area contributed by atoms with E-state index in [0.717, 1.165) is 17.4 Å². The van der Waals surface area contributed by atoms with E-state index in [4.69, 9.17) is 19.6 Å². The van der Waals surface area contributed by atoms with Crippen molar-refractivity contribution in [3.63, 3.8) is 0 Å². The quantitative estimate of drug-likeness (QED) is 0.287. The van der Waals surface area contributed by atoms with Gasteiger partial charge >= 0.3 is 5.97 Å². The number of hydrogen-bond donors (Lipinski definition) is 2. The zero-order valence-corrected chi connectivity index (χ0v) is 27.8. The number of amides is 1. The van der Waals surface area contributed by atoms with Gasteiger partial charge in [0.2, 0.25) is 11.8 Å². The van der Waals surface area contributed by atoms with Crippen molar-refractivity contribution >= 4 is 45.3 Å². The fraction of sp³-hybridized carbons (Fsp3) is 0.545. The number of nitrogens with one attached hydrogen (secondary N) is 1. The van der Waals surface area contributed by atoms with Gasteiger partial charge in [0.05, 0.1) is 51.4 Å². The van der Waals surface area contributed by atoms with E-state index in [2.05, 4.69) is 22.2 Å². The van der Waals surface area contributed by atoms with E-state index in [-0.39, 0.29) is 23.8 Å². The third-order valence-corrected chi connectivity index (χ3v) is 10.9. The molecule has 1 unspecified atom stereocenters. The second-order valence-electron chi connectivity index (χ2n) is 13.8. The fourth-order valence-corrected chi connectivity index (χ4v) is 6.53. The molecular formula is C33H41FN6O5S. The number of esters is 1. The van der Waals surface area contributed by atoms with Crippen LogP contribution in [-0.4, -0.2) is 71.7 Å². The Hall–Kier alpha value is -3.71. The molecule has 2 fully saturated rings. The van der Waals surface area contributed by atoms with Gasteiger partial charge in [0, 0.05) is 18.3 Å². The van der Waals surface area contributed by atoms with Gasteiger partial charge < -0.3 is 19.7 Å². The van der Waals surface area contributed by atoms with Gasteiger partial charge in [-0.3, -0.25) is 9.93 Å². The minimum atomic E-state index is -1.53. The van der Waals surface area contributed by atoms with E-state index in [0.29, 0.717) is 60.1 Å². The van der Waals surface area contributed by atoms with Crippen molar-refractivity contribution < 1.29 is 27.7 Å². The summed E-state index contributed by atoms with van der Waals surface area (Å²) >= 11 is 0. The Morgan fingerprint density at radius 1 is 1.24 bits per heavy atom. The molecular weight excluding hydrogens is 611 g/mol. The SMILES string of the molecule is CC[C@H](CC(C)(C)S(N)=O)c1cnc(OC2CN(C(=O)[C@@H]3C[C@@H]3F)C2)c2cnc(Nc3ccc4c(n3)[C@@H](C)C(C)(C)OC4=O)cc12. The van der Waals surface area contributed by atoms with E-state index >= 15 is 0 Å². The molecule has 0 radical (unpaired) electrons. The Bertz CT molecular complexity index is 1730. The summed E-state index contributed by atoms with van der Waals surface area (Å²) in [6.07, 6.45) is 3.82. The standard InChI is InChI=1S/C33H41FN6O5S/c1-7-18(12-32(3,4)46(35)43)23-13-37-29(44-19-15-40(16-19)30(41)22-10-25(22)34)24-14-36-27(11-21(23)24)38-26-9-8-20-28(39-26)17(2)33(5,6)45-31(20)42/h8-9,11,13-14,17-19,22,25H,7,10,12,15-16,35H2,1-6H3,(H,36,38,39)/t17-,18-,22-,25+,46?/m1/s1. The third kappa shape index (κ3) is 6.06. The average Bonchev–Trinajstić information content (AvgIpc) is 3.72. The highest BCUT2D eigenvalue weighted by Gasteiger charge is 2.48. The van der Waals surface area contributed by atoms with Gasteiger partial charge in [-0.05, 0) is 82.0 Å². The number of pyridine rings is 3. The molecule has 5 atom stereocenters. The van der Waals surface area contributed by atoms with Crippen LogP contribution in [-0.2, 0) is 20.5 Å². The van der Waals surface area contributed by atoms with Crippen molar-refractivity contribution in [1.82, 2.24) is 19.9 Å². The molecule has 0 spiro atoms.